The van der Waals surface area contributed by atoms with Gasteiger partial charge in [-0.25, -0.2) is 0 Å². The predicted molar refractivity (Wildman–Crippen MR) is 166 cm³/mol. The van der Waals surface area contributed by atoms with Crippen LogP contribution in [0.4, 0.5) is 5.69 Å². The first-order valence-corrected chi connectivity index (χ1v) is 15.4. The highest BCUT2D eigenvalue weighted by Gasteiger charge is 2.25. The summed E-state index contributed by atoms with van der Waals surface area (Å²) in [6, 6.07) is 22.9. The van der Waals surface area contributed by atoms with E-state index in [1.807, 2.05) is 24.3 Å². The highest BCUT2D eigenvalue weighted by molar-refractivity contribution is 5.97. The van der Waals surface area contributed by atoms with Gasteiger partial charge in [0.05, 0.1) is 7.11 Å². The van der Waals surface area contributed by atoms with Crippen molar-refractivity contribution in [1.29, 1.82) is 0 Å². The van der Waals surface area contributed by atoms with Crippen LogP contribution in [0, 0.1) is 5.92 Å². The van der Waals surface area contributed by atoms with Crippen molar-refractivity contribution in [2.24, 2.45) is 5.92 Å². The molecule has 2 amide bonds. The Labute approximate surface area is 249 Å². The van der Waals surface area contributed by atoms with Gasteiger partial charge < -0.3 is 25.0 Å². The zero-order valence-electron chi connectivity index (χ0n) is 24.6. The van der Waals surface area contributed by atoms with E-state index in [4.69, 9.17) is 9.47 Å². The summed E-state index contributed by atoms with van der Waals surface area (Å²) in [5.74, 6) is 1.75. The summed E-state index contributed by atoms with van der Waals surface area (Å²) >= 11 is 0. The summed E-state index contributed by atoms with van der Waals surface area (Å²) in [7, 11) is 1.58. The molecule has 1 heterocycles. The van der Waals surface area contributed by atoms with Gasteiger partial charge in [-0.15, -0.1) is 0 Å². The van der Waals surface area contributed by atoms with Crippen molar-refractivity contribution in [3.8, 4) is 11.5 Å². The molecular weight excluding hydrogens is 526 g/mol. The highest BCUT2D eigenvalue weighted by atomic mass is 16.5. The first-order valence-electron chi connectivity index (χ1n) is 15.4. The molecule has 0 unspecified atom stereocenters. The van der Waals surface area contributed by atoms with Crippen LogP contribution >= 0.6 is 0 Å². The molecule has 3 aromatic rings. The zero-order chi connectivity index (χ0) is 29.1. The number of nitrogens with one attached hydrogen (secondary N) is 2. The van der Waals surface area contributed by atoms with E-state index in [9.17, 15) is 9.59 Å². The van der Waals surface area contributed by atoms with Crippen molar-refractivity contribution in [3.05, 3.63) is 89.5 Å². The van der Waals surface area contributed by atoms with Gasteiger partial charge in [0.2, 0.25) is 5.91 Å². The minimum absolute atomic E-state index is 0.119. The molecule has 2 aliphatic rings. The molecule has 7 nitrogen and oxygen atoms in total. The summed E-state index contributed by atoms with van der Waals surface area (Å²) < 4.78 is 11.3. The number of hydrogen-bond donors (Lipinski definition) is 2. The zero-order valence-corrected chi connectivity index (χ0v) is 24.6. The maximum Gasteiger partial charge on any atom is 0.252 e. The smallest absolute Gasteiger partial charge is 0.252 e. The van der Waals surface area contributed by atoms with Crippen LogP contribution in [0.5, 0.6) is 11.5 Å². The normalized spacial score (nSPS) is 15.5. The van der Waals surface area contributed by atoms with Gasteiger partial charge in [-0.05, 0) is 72.7 Å². The quantitative estimate of drug-likeness (QED) is 0.268. The van der Waals surface area contributed by atoms with Crippen LogP contribution in [0.25, 0.3) is 0 Å². The molecule has 0 radical (unpaired) electrons. The van der Waals surface area contributed by atoms with Crippen LogP contribution in [0.2, 0.25) is 0 Å². The molecule has 1 aliphatic heterocycles. The van der Waals surface area contributed by atoms with Crippen LogP contribution in [-0.2, 0) is 17.8 Å². The molecule has 0 aromatic heterocycles. The Kier molecular flexibility index (Phi) is 10.4. The number of ether oxygens (including phenoxy) is 2. The molecule has 42 heavy (non-hydrogen) atoms. The van der Waals surface area contributed by atoms with Gasteiger partial charge in [0, 0.05) is 30.9 Å². The Balaban J connectivity index is 1.15. The second kappa shape index (κ2) is 14.8. The number of benzene rings is 3. The van der Waals surface area contributed by atoms with Crippen molar-refractivity contribution in [2.45, 2.75) is 64.0 Å². The largest absolute Gasteiger partial charge is 0.497 e. The molecule has 1 saturated carbocycles. The third-order valence-corrected chi connectivity index (χ3v) is 8.51. The maximum absolute atomic E-state index is 13.4. The third-order valence-electron chi connectivity index (χ3n) is 8.51. The minimum Gasteiger partial charge on any atom is -0.497 e. The van der Waals surface area contributed by atoms with Gasteiger partial charge in [-0.1, -0.05) is 68.5 Å². The Morgan fingerprint density at radius 3 is 2.60 bits per heavy atom. The third kappa shape index (κ3) is 8.05. The van der Waals surface area contributed by atoms with Crippen LogP contribution in [0.15, 0.2) is 72.8 Å². The Morgan fingerprint density at radius 1 is 0.952 bits per heavy atom. The summed E-state index contributed by atoms with van der Waals surface area (Å²) in [5, 5.41) is 6.13. The molecule has 0 saturated heterocycles. The lowest BCUT2D eigenvalue weighted by molar-refractivity contribution is -0.123. The molecule has 3 aromatic carbocycles. The first-order chi connectivity index (χ1) is 20.6. The summed E-state index contributed by atoms with van der Waals surface area (Å²) in [6.45, 7) is 2.68. The van der Waals surface area contributed by atoms with E-state index >= 15 is 0 Å². The summed E-state index contributed by atoms with van der Waals surface area (Å²) in [6.07, 6.45) is 8.79. The highest BCUT2D eigenvalue weighted by Crippen LogP contribution is 2.31. The van der Waals surface area contributed by atoms with Crippen LogP contribution < -0.4 is 25.0 Å². The minimum atomic E-state index is -0.569. The molecule has 222 valence electrons. The Hall–Kier alpha value is -4.00. The van der Waals surface area contributed by atoms with E-state index in [1.165, 1.54) is 43.4 Å². The SMILES string of the molecule is COc1cccc(C(=O)N[C@@H](CCC2CCCCC2)C(=O)NCCN2CCc3cc(OCc4ccccc4)ccc32)c1. The number of carbonyl (C=O) groups is 2. The number of carbonyl (C=O) groups excluding carboxylic acids is 2. The molecule has 0 bridgehead atoms. The van der Waals surface area contributed by atoms with Gasteiger partial charge in [-0.2, -0.15) is 0 Å². The van der Waals surface area contributed by atoms with E-state index in [1.54, 1.807) is 31.4 Å². The second-order valence-corrected chi connectivity index (χ2v) is 11.4. The molecular formula is C35H43N3O4. The van der Waals surface area contributed by atoms with Gasteiger partial charge in [0.25, 0.3) is 5.91 Å². The lowest BCUT2D eigenvalue weighted by Crippen LogP contribution is -2.48. The lowest BCUT2D eigenvalue weighted by atomic mass is 9.85. The van der Waals surface area contributed by atoms with Gasteiger partial charge in [-0.3, -0.25) is 9.59 Å². The lowest BCUT2D eigenvalue weighted by Gasteiger charge is -2.25. The number of methoxy groups -OCH3 is 1. The van der Waals surface area contributed by atoms with E-state index < -0.39 is 6.04 Å². The molecule has 7 heteroatoms. The fourth-order valence-electron chi connectivity index (χ4n) is 6.10. The number of rotatable bonds is 13. The molecule has 1 fully saturated rings. The topological polar surface area (TPSA) is 79.9 Å². The molecule has 2 N–H and O–H groups in total. The van der Waals surface area contributed by atoms with E-state index in [-0.39, 0.29) is 11.8 Å². The van der Waals surface area contributed by atoms with Crippen molar-refractivity contribution in [3.63, 3.8) is 0 Å². The molecule has 1 atom stereocenters. The average molecular weight is 570 g/mol. The standard InChI is InChI=1S/C35H43N3O4/c1-41-30-14-8-13-29(24-30)34(39)37-32(17-15-26-9-4-2-5-10-26)35(40)36-20-22-38-21-19-28-23-31(16-18-33(28)38)42-25-27-11-6-3-7-12-27/h3,6-8,11-14,16,18,23-24,26,32H,2,4-5,9-10,15,17,19-22,25H2,1H3,(H,36,40)(H,37,39)/t32-/m0/s1. The van der Waals surface area contributed by atoms with Crippen LogP contribution in [0.3, 0.4) is 0 Å². The van der Waals surface area contributed by atoms with Crippen molar-refractivity contribution in [2.75, 3.05) is 31.6 Å². The maximum atomic E-state index is 13.4. The number of anilines is 1. The molecule has 0 spiro atoms. The van der Waals surface area contributed by atoms with Crippen LogP contribution in [-0.4, -0.2) is 44.6 Å². The van der Waals surface area contributed by atoms with Crippen molar-refractivity contribution >= 4 is 17.5 Å². The fourth-order valence-corrected chi connectivity index (χ4v) is 6.10. The van der Waals surface area contributed by atoms with Gasteiger partial charge in [0.15, 0.2) is 0 Å². The van der Waals surface area contributed by atoms with Gasteiger partial charge >= 0.3 is 0 Å². The summed E-state index contributed by atoms with van der Waals surface area (Å²) in [4.78, 5) is 28.8. The van der Waals surface area contributed by atoms with Crippen molar-refractivity contribution < 1.29 is 19.1 Å². The fraction of sp³-hybridized carbons (Fsp3) is 0.429. The average Bonchev–Trinajstić information content (AvgIpc) is 3.44. The van der Waals surface area contributed by atoms with E-state index in [0.717, 1.165) is 30.7 Å². The van der Waals surface area contributed by atoms with Gasteiger partial charge in [0.1, 0.15) is 24.1 Å². The Morgan fingerprint density at radius 2 is 1.79 bits per heavy atom. The summed E-state index contributed by atoms with van der Waals surface area (Å²) in [5.41, 5.74) is 4.09. The Bertz CT molecular complexity index is 1320. The number of hydrogen-bond acceptors (Lipinski definition) is 5. The predicted octanol–water partition coefficient (Wildman–Crippen LogP) is 5.91. The van der Waals surface area contributed by atoms with E-state index in [0.29, 0.717) is 43.3 Å². The number of amides is 2. The second-order valence-electron chi connectivity index (χ2n) is 11.4. The first kappa shape index (κ1) is 29.5. The number of nitrogens with zero attached hydrogens (tertiary/aromatic N) is 1. The van der Waals surface area contributed by atoms with Crippen LogP contribution in [0.1, 0.15) is 66.4 Å². The number of fused-ring (bicyclic) bond motifs is 1. The molecule has 5 rings (SSSR count). The van der Waals surface area contributed by atoms with Crippen molar-refractivity contribution in [1.82, 2.24) is 10.6 Å². The van der Waals surface area contributed by atoms with E-state index in [2.05, 4.69) is 39.8 Å². The molecule has 1 aliphatic carbocycles. The monoisotopic (exact) mass is 569 g/mol.